The van der Waals surface area contributed by atoms with Gasteiger partial charge in [0, 0.05) is 13.1 Å². The van der Waals surface area contributed by atoms with E-state index in [2.05, 4.69) is 5.32 Å². The maximum atomic E-state index is 12.9. The molecule has 0 bridgehead atoms. The van der Waals surface area contributed by atoms with E-state index < -0.39 is 23.5 Å². The topological polar surface area (TPSA) is 15.3 Å². The average molecular weight is 403 g/mol. The summed E-state index contributed by atoms with van der Waals surface area (Å²) < 4.78 is 77.7. The summed E-state index contributed by atoms with van der Waals surface area (Å²) in [6.45, 7) is 3.37. The molecular weight excluding hydrogens is 382 g/mol. The summed E-state index contributed by atoms with van der Waals surface area (Å²) in [7, 11) is 0. The number of hydrogen-bond acceptors (Lipinski definition) is 2. The highest BCUT2D eigenvalue weighted by Gasteiger charge is 2.40. The minimum atomic E-state index is -4.79. The smallest absolute Gasteiger partial charge is 0.317 e. The van der Waals surface area contributed by atoms with Crippen molar-refractivity contribution in [2.75, 3.05) is 26.2 Å². The Kier molecular flexibility index (Phi) is 6.20. The van der Waals surface area contributed by atoms with E-state index in [0.717, 1.165) is 51.0 Å². The van der Waals surface area contributed by atoms with Crippen LogP contribution in [-0.4, -0.2) is 31.1 Å². The second-order valence-electron chi connectivity index (χ2n) is 7.12. The van der Waals surface area contributed by atoms with Gasteiger partial charge in [-0.2, -0.15) is 26.3 Å². The van der Waals surface area contributed by atoms with E-state index in [9.17, 15) is 26.3 Å². The van der Waals surface area contributed by atoms with Crippen molar-refractivity contribution in [3.63, 3.8) is 0 Å². The van der Waals surface area contributed by atoms with E-state index in [-0.39, 0.29) is 36.0 Å². The first-order valence-corrected chi connectivity index (χ1v) is 8.29. The first kappa shape index (κ1) is 21.3. The van der Waals surface area contributed by atoms with Crippen LogP contribution in [0.5, 0.6) is 0 Å². The number of likely N-dealkylation sites (tertiary alicyclic amines) is 1. The van der Waals surface area contributed by atoms with Crippen molar-refractivity contribution in [2.24, 2.45) is 5.41 Å². The Bertz CT molecular complexity index is 590. The molecule has 2 aliphatic rings. The van der Waals surface area contributed by atoms with Gasteiger partial charge in [-0.15, -0.1) is 12.4 Å². The van der Waals surface area contributed by atoms with E-state index >= 15 is 0 Å². The molecule has 148 valence electrons. The second kappa shape index (κ2) is 7.56. The Morgan fingerprint density at radius 1 is 0.885 bits per heavy atom. The molecule has 3 rings (SSSR count). The van der Waals surface area contributed by atoms with Crippen LogP contribution in [0.3, 0.4) is 0 Å². The lowest BCUT2D eigenvalue weighted by molar-refractivity contribution is -0.143. The zero-order valence-corrected chi connectivity index (χ0v) is 14.8. The monoisotopic (exact) mass is 402 g/mol. The zero-order chi connectivity index (χ0) is 18.3. The summed E-state index contributed by atoms with van der Waals surface area (Å²) in [6, 6.07) is 1.85. The number of hydrogen-bond donors (Lipinski definition) is 1. The van der Waals surface area contributed by atoms with Crippen LogP contribution in [0.2, 0.25) is 0 Å². The summed E-state index contributed by atoms with van der Waals surface area (Å²) in [5.74, 6) is 0. The van der Waals surface area contributed by atoms with Gasteiger partial charge in [0.1, 0.15) is 0 Å². The van der Waals surface area contributed by atoms with Gasteiger partial charge in [-0.3, -0.25) is 4.90 Å². The number of benzene rings is 1. The lowest BCUT2D eigenvalue weighted by atomic mass is 9.78. The Morgan fingerprint density at radius 3 is 1.92 bits per heavy atom. The molecule has 2 fully saturated rings. The van der Waals surface area contributed by atoms with Crippen LogP contribution >= 0.6 is 12.4 Å². The average Bonchev–Trinajstić information content (AvgIpc) is 2.88. The molecule has 2 aliphatic heterocycles. The standard InChI is InChI=1S/C17H20F6N2.ClH/c18-16(19,20)13-7-12(8-14(9-13)17(21,22)23)10-25-6-3-15(11-25)1-4-24-5-2-15;/h7-9,24H,1-6,10-11H2;1H. The molecule has 1 aromatic rings. The molecule has 9 heteroatoms. The molecule has 0 radical (unpaired) electrons. The van der Waals surface area contributed by atoms with Crippen molar-refractivity contribution in [3.8, 4) is 0 Å². The molecule has 1 N–H and O–H groups in total. The lowest BCUT2D eigenvalue weighted by Crippen LogP contribution is -2.38. The molecule has 1 spiro atoms. The summed E-state index contributed by atoms with van der Waals surface area (Å²) in [4.78, 5) is 1.97. The fraction of sp³-hybridized carbons (Fsp3) is 0.647. The predicted molar refractivity (Wildman–Crippen MR) is 88.1 cm³/mol. The van der Waals surface area contributed by atoms with E-state index in [0.29, 0.717) is 6.54 Å². The van der Waals surface area contributed by atoms with E-state index in [1.807, 2.05) is 4.90 Å². The lowest BCUT2D eigenvalue weighted by Gasteiger charge is -2.34. The highest BCUT2D eigenvalue weighted by atomic mass is 35.5. The Balaban J connectivity index is 0.00000243. The van der Waals surface area contributed by atoms with Crippen LogP contribution in [0.4, 0.5) is 26.3 Å². The molecule has 0 aromatic heterocycles. The van der Waals surface area contributed by atoms with Gasteiger partial charge < -0.3 is 5.32 Å². The molecule has 1 aromatic carbocycles. The van der Waals surface area contributed by atoms with Crippen molar-refractivity contribution in [2.45, 2.75) is 38.2 Å². The van der Waals surface area contributed by atoms with Crippen LogP contribution in [0, 0.1) is 5.41 Å². The van der Waals surface area contributed by atoms with Gasteiger partial charge in [0.05, 0.1) is 11.1 Å². The van der Waals surface area contributed by atoms with Crippen molar-refractivity contribution in [3.05, 3.63) is 34.9 Å². The van der Waals surface area contributed by atoms with Crippen LogP contribution in [0.1, 0.15) is 36.0 Å². The third kappa shape index (κ3) is 4.84. The molecule has 26 heavy (non-hydrogen) atoms. The summed E-state index contributed by atoms with van der Waals surface area (Å²) in [5, 5.41) is 3.28. The Hall–Kier alpha value is -0.990. The minimum Gasteiger partial charge on any atom is -0.317 e. The van der Waals surface area contributed by atoms with Gasteiger partial charge in [0.25, 0.3) is 0 Å². The molecule has 2 heterocycles. The van der Waals surface area contributed by atoms with Gasteiger partial charge in [-0.05, 0) is 68.1 Å². The first-order chi connectivity index (χ1) is 11.6. The number of halogens is 7. The predicted octanol–water partition coefficient (Wildman–Crippen LogP) is 4.72. The fourth-order valence-electron chi connectivity index (χ4n) is 3.90. The van der Waals surface area contributed by atoms with E-state index in [4.69, 9.17) is 0 Å². The maximum absolute atomic E-state index is 12.9. The third-order valence-electron chi connectivity index (χ3n) is 5.24. The van der Waals surface area contributed by atoms with Crippen molar-refractivity contribution >= 4 is 12.4 Å². The Labute approximate surface area is 154 Å². The number of alkyl halides is 6. The van der Waals surface area contributed by atoms with Gasteiger partial charge in [0.15, 0.2) is 0 Å². The van der Waals surface area contributed by atoms with Crippen LogP contribution in [-0.2, 0) is 18.9 Å². The van der Waals surface area contributed by atoms with Gasteiger partial charge in [-0.25, -0.2) is 0 Å². The van der Waals surface area contributed by atoms with Crippen molar-refractivity contribution in [1.82, 2.24) is 10.2 Å². The number of piperidine rings is 1. The number of nitrogens with one attached hydrogen (secondary N) is 1. The van der Waals surface area contributed by atoms with Crippen LogP contribution in [0.15, 0.2) is 18.2 Å². The number of nitrogens with zero attached hydrogens (tertiary/aromatic N) is 1. The largest absolute Gasteiger partial charge is 0.416 e. The quantitative estimate of drug-likeness (QED) is 0.720. The van der Waals surface area contributed by atoms with Crippen molar-refractivity contribution in [1.29, 1.82) is 0 Å². The normalized spacial score (nSPS) is 21.0. The zero-order valence-electron chi connectivity index (χ0n) is 14.0. The van der Waals surface area contributed by atoms with Gasteiger partial charge >= 0.3 is 12.4 Å². The summed E-state index contributed by atoms with van der Waals surface area (Å²) >= 11 is 0. The first-order valence-electron chi connectivity index (χ1n) is 8.29. The summed E-state index contributed by atoms with van der Waals surface area (Å²) in [5.41, 5.74) is -2.27. The Morgan fingerprint density at radius 2 is 1.42 bits per heavy atom. The summed E-state index contributed by atoms with van der Waals surface area (Å²) in [6.07, 6.45) is -6.64. The highest BCUT2D eigenvalue weighted by molar-refractivity contribution is 5.85. The van der Waals surface area contributed by atoms with Gasteiger partial charge in [-0.1, -0.05) is 0 Å². The van der Waals surface area contributed by atoms with Gasteiger partial charge in [0.2, 0.25) is 0 Å². The second-order valence-corrected chi connectivity index (χ2v) is 7.12. The van der Waals surface area contributed by atoms with E-state index in [1.54, 1.807) is 0 Å². The molecule has 0 aliphatic carbocycles. The maximum Gasteiger partial charge on any atom is 0.416 e. The number of rotatable bonds is 2. The molecular formula is C17H21ClF6N2. The molecule has 2 nitrogen and oxygen atoms in total. The van der Waals surface area contributed by atoms with Crippen molar-refractivity contribution < 1.29 is 26.3 Å². The molecule has 2 saturated heterocycles. The highest BCUT2D eigenvalue weighted by Crippen LogP contribution is 2.40. The molecule has 0 amide bonds. The molecule has 0 saturated carbocycles. The van der Waals surface area contributed by atoms with Crippen LogP contribution in [0.25, 0.3) is 0 Å². The minimum absolute atomic E-state index is 0. The van der Waals surface area contributed by atoms with Crippen LogP contribution < -0.4 is 5.32 Å². The fourth-order valence-corrected chi connectivity index (χ4v) is 3.90. The molecule has 0 atom stereocenters. The SMILES string of the molecule is Cl.FC(F)(F)c1cc(CN2CCC3(CCNCC3)C2)cc(C(F)(F)F)c1. The van der Waals surface area contributed by atoms with E-state index in [1.165, 1.54) is 0 Å². The third-order valence-corrected chi connectivity index (χ3v) is 5.24. The molecule has 0 unspecified atom stereocenters.